The summed E-state index contributed by atoms with van der Waals surface area (Å²) in [5, 5.41) is 4.57. The Kier molecular flexibility index (Phi) is 2.49. The first kappa shape index (κ1) is 11.7. The number of nitrogens with zero attached hydrogens (tertiary/aromatic N) is 1. The number of primary sulfonamides is 1. The van der Waals surface area contributed by atoms with E-state index in [0.717, 1.165) is 19.4 Å². The fourth-order valence-corrected chi connectivity index (χ4v) is 3.37. The van der Waals surface area contributed by atoms with Crippen molar-refractivity contribution in [1.82, 2.24) is 4.90 Å². The first-order valence-corrected chi connectivity index (χ1v) is 7.43. The average molecular weight is 270 g/mol. The van der Waals surface area contributed by atoms with Gasteiger partial charge in [-0.25, -0.2) is 13.6 Å². The Balaban J connectivity index is 1.83. The summed E-state index contributed by atoms with van der Waals surface area (Å²) >= 11 is 0. The van der Waals surface area contributed by atoms with Crippen molar-refractivity contribution >= 4 is 15.9 Å². The molecule has 1 aromatic rings. The van der Waals surface area contributed by atoms with Gasteiger partial charge in [-0.1, -0.05) is 0 Å². The van der Waals surface area contributed by atoms with E-state index in [1.807, 2.05) is 0 Å². The summed E-state index contributed by atoms with van der Waals surface area (Å²) in [4.78, 5) is 14.0. The van der Waals surface area contributed by atoms with E-state index >= 15 is 0 Å². The summed E-state index contributed by atoms with van der Waals surface area (Å²) in [7, 11) is -3.89. The molecule has 2 N–H and O–H groups in total. The number of likely N-dealkylation sites (tertiary alicyclic amines) is 1. The minimum Gasteiger partial charge on any atom is -0.438 e. The second kappa shape index (κ2) is 3.83. The number of amides is 1. The molecular formula is C11H14N2O4S. The molecular weight excluding hydrogens is 256 g/mol. The molecule has 2 heterocycles. The molecule has 1 saturated heterocycles. The molecule has 1 saturated carbocycles. The molecule has 1 aliphatic heterocycles. The van der Waals surface area contributed by atoms with Crippen molar-refractivity contribution in [3.8, 4) is 0 Å². The smallest absolute Gasteiger partial charge is 0.289 e. The van der Waals surface area contributed by atoms with Gasteiger partial charge in [-0.05, 0) is 37.3 Å². The van der Waals surface area contributed by atoms with Gasteiger partial charge in [-0.2, -0.15) is 0 Å². The molecule has 0 aromatic carbocycles. The number of rotatable bonds is 2. The van der Waals surface area contributed by atoms with Crippen LogP contribution in [0.4, 0.5) is 0 Å². The zero-order valence-corrected chi connectivity index (χ0v) is 10.5. The fourth-order valence-electron chi connectivity index (χ4n) is 2.90. The molecule has 0 spiro atoms. The number of piperidine rings is 1. The van der Waals surface area contributed by atoms with Crippen molar-refractivity contribution in [2.45, 2.75) is 30.4 Å². The van der Waals surface area contributed by atoms with Crippen LogP contribution in [0.25, 0.3) is 0 Å². The summed E-state index contributed by atoms with van der Waals surface area (Å²) in [6, 6.07) is 2.87. The lowest BCUT2D eigenvalue weighted by Crippen LogP contribution is -2.37. The molecule has 18 heavy (non-hydrogen) atoms. The number of nitrogens with two attached hydrogens (primary N) is 1. The van der Waals surface area contributed by atoms with Gasteiger partial charge in [-0.3, -0.25) is 4.79 Å². The normalized spacial score (nSPS) is 26.8. The van der Waals surface area contributed by atoms with Crippen molar-refractivity contribution in [1.29, 1.82) is 0 Å². The molecule has 1 aromatic heterocycles. The number of hydrogen-bond donors (Lipinski definition) is 1. The summed E-state index contributed by atoms with van der Waals surface area (Å²) in [6.07, 6.45) is 3.25. The average Bonchev–Trinajstić information content (AvgIpc) is 3.02. The highest BCUT2D eigenvalue weighted by atomic mass is 32.2. The van der Waals surface area contributed by atoms with Gasteiger partial charge in [0, 0.05) is 12.6 Å². The Hall–Kier alpha value is -1.34. The van der Waals surface area contributed by atoms with E-state index in [1.54, 1.807) is 4.90 Å². The third kappa shape index (κ3) is 1.83. The monoisotopic (exact) mass is 270 g/mol. The molecule has 7 heteroatoms. The lowest BCUT2D eigenvalue weighted by Gasteiger charge is -2.25. The quantitative estimate of drug-likeness (QED) is 0.849. The Morgan fingerprint density at radius 1 is 1.39 bits per heavy atom. The van der Waals surface area contributed by atoms with E-state index in [-0.39, 0.29) is 22.8 Å². The molecule has 6 nitrogen and oxygen atoms in total. The van der Waals surface area contributed by atoms with E-state index in [9.17, 15) is 13.2 Å². The van der Waals surface area contributed by atoms with Crippen LogP contribution in [0.2, 0.25) is 0 Å². The topological polar surface area (TPSA) is 93.6 Å². The number of hydrogen-bond acceptors (Lipinski definition) is 4. The van der Waals surface area contributed by atoms with E-state index in [2.05, 4.69) is 0 Å². The molecule has 1 amide bonds. The van der Waals surface area contributed by atoms with Gasteiger partial charge in [0.15, 0.2) is 5.76 Å². The number of furan rings is 1. The van der Waals surface area contributed by atoms with Gasteiger partial charge in [0.25, 0.3) is 15.9 Å². The van der Waals surface area contributed by atoms with Gasteiger partial charge in [0.2, 0.25) is 5.09 Å². The van der Waals surface area contributed by atoms with Crippen molar-refractivity contribution in [3.63, 3.8) is 0 Å². The van der Waals surface area contributed by atoms with Crippen molar-refractivity contribution in [2.75, 3.05) is 6.54 Å². The van der Waals surface area contributed by atoms with Gasteiger partial charge < -0.3 is 9.32 Å². The zero-order chi connectivity index (χ0) is 12.9. The number of carbonyl (C=O) groups excluding carboxylic acids is 1. The van der Waals surface area contributed by atoms with Gasteiger partial charge in [0.05, 0.1) is 0 Å². The van der Waals surface area contributed by atoms with E-state index < -0.39 is 10.0 Å². The third-order valence-electron chi connectivity index (χ3n) is 3.74. The molecule has 1 aliphatic carbocycles. The molecule has 2 aliphatic rings. The summed E-state index contributed by atoms with van der Waals surface area (Å²) < 4.78 is 27.2. The van der Waals surface area contributed by atoms with Crippen LogP contribution >= 0.6 is 0 Å². The van der Waals surface area contributed by atoms with E-state index in [4.69, 9.17) is 9.56 Å². The van der Waals surface area contributed by atoms with Crippen molar-refractivity contribution in [3.05, 3.63) is 17.9 Å². The molecule has 2 unspecified atom stereocenters. The highest BCUT2D eigenvalue weighted by Crippen LogP contribution is 2.38. The Morgan fingerprint density at radius 3 is 2.67 bits per heavy atom. The van der Waals surface area contributed by atoms with Crippen LogP contribution in [0.5, 0.6) is 0 Å². The minimum absolute atomic E-state index is 0.0478. The Morgan fingerprint density at radius 2 is 2.17 bits per heavy atom. The zero-order valence-electron chi connectivity index (χ0n) is 9.70. The number of carbonyl (C=O) groups is 1. The lowest BCUT2D eigenvalue weighted by atomic mass is 10.1. The molecule has 2 bridgehead atoms. The standard InChI is InChI=1S/C11H14N2O4S/c12-18(15,16)10-4-3-9(17-10)11(14)13-6-7-1-2-8(13)5-7/h3-4,7-8H,1-2,5-6H2,(H2,12,15,16). The summed E-state index contributed by atoms with van der Waals surface area (Å²) in [6.45, 7) is 0.745. The molecule has 2 fully saturated rings. The molecule has 3 rings (SSSR count). The van der Waals surface area contributed by atoms with Crippen LogP contribution in [0.1, 0.15) is 29.8 Å². The summed E-state index contributed by atoms with van der Waals surface area (Å²) in [5.74, 6) is 0.398. The van der Waals surface area contributed by atoms with Crippen molar-refractivity contribution < 1.29 is 17.6 Å². The van der Waals surface area contributed by atoms with Crippen LogP contribution in [0.15, 0.2) is 21.6 Å². The molecule has 0 radical (unpaired) electrons. The van der Waals surface area contributed by atoms with Crippen LogP contribution in [0.3, 0.4) is 0 Å². The van der Waals surface area contributed by atoms with E-state index in [1.165, 1.54) is 18.6 Å². The van der Waals surface area contributed by atoms with Crippen molar-refractivity contribution in [2.24, 2.45) is 11.1 Å². The highest BCUT2D eigenvalue weighted by molar-refractivity contribution is 7.89. The number of sulfonamides is 1. The predicted molar refractivity (Wildman–Crippen MR) is 62.2 cm³/mol. The Bertz CT molecular complexity index is 592. The third-order valence-corrected chi connectivity index (χ3v) is 4.52. The van der Waals surface area contributed by atoms with Gasteiger partial charge in [-0.15, -0.1) is 0 Å². The largest absolute Gasteiger partial charge is 0.438 e. The first-order valence-electron chi connectivity index (χ1n) is 5.89. The van der Waals surface area contributed by atoms with Crippen LogP contribution in [-0.2, 0) is 10.0 Å². The second-order valence-corrected chi connectivity index (χ2v) is 6.45. The lowest BCUT2D eigenvalue weighted by molar-refractivity contribution is 0.0665. The van der Waals surface area contributed by atoms with E-state index in [0.29, 0.717) is 5.92 Å². The molecule has 2 atom stereocenters. The van der Waals surface area contributed by atoms with Crippen LogP contribution < -0.4 is 5.14 Å². The highest BCUT2D eigenvalue weighted by Gasteiger charge is 2.41. The van der Waals surface area contributed by atoms with Crippen LogP contribution in [-0.4, -0.2) is 31.8 Å². The first-order chi connectivity index (χ1) is 8.45. The molecule has 98 valence electrons. The van der Waals surface area contributed by atoms with Gasteiger partial charge in [0.1, 0.15) is 0 Å². The summed E-state index contributed by atoms with van der Waals surface area (Å²) in [5.41, 5.74) is 0. The number of fused-ring (bicyclic) bond motifs is 2. The maximum Gasteiger partial charge on any atom is 0.289 e. The maximum atomic E-state index is 12.2. The van der Waals surface area contributed by atoms with Gasteiger partial charge >= 0.3 is 0 Å². The fraction of sp³-hybridized carbons (Fsp3) is 0.545. The maximum absolute atomic E-state index is 12.2. The van der Waals surface area contributed by atoms with Crippen LogP contribution in [0, 0.1) is 5.92 Å². The second-order valence-electron chi connectivity index (χ2n) is 4.95. The predicted octanol–water partition coefficient (Wildman–Crippen LogP) is 0.552. The minimum atomic E-state index is -3.89. The SMILES string of the molecule is NS(=O)(=O)c1ccc(C(=O)N2CC3CCC2C3)o1. The Labute approximate surface area is 105 Å².